The summed E-state index contributed by atoms with van der Waals surface area (Å²) in [5.74, 6) is 1.94. The van der Waals surface area contributed by atoms with E-state index >= 15 is 0 Å². The van der Waals surface area contributed by atoms with Crippen LogP contribution in [0.2, 0.25) is 0 Å². The number of ketones is 1. The molecule has 0 aromatic carbocycles. The number of rotatable bonds is 1. The molecule has 108 valence electrons. The summed E-state index contributed by atoms with van der Waals surface area (Å²) in [5, 5.41) is 0. The maximum Gasteiger partial charge on any atom is 0.133 e. The van der Waals surface area contributed by atoms with Crippen molar-refractivity contribution < 1.29 is 9.53 Å². The summed E-state index contributed by atoms with van der Waals surface area (Å²) in [7, 11) is 0. The van der Waals surface area contributed by atoms with Crippen LogP contribution in [0.4, 0.5) is 0 Å². The summed E-state index contributed by atoms with van der Waals surface area (Å²) in [4.78, 5) is 11.9. The summed E-state index contributed by atoms with van der Waals surface area (Å²) in [6, 6.07) is 0. The average Bonchev–Trinajstić information content (AvgIpc) is 2.64. The Bertz CT molecular complexity index is 312. The van der Waals surface area contributed by atoms with Crippen LogP contribution in [0.25, 0.3) is 0 Å². The monoisotopic (exact) mass is 264 g/mol. The van der Waals surface area contributed by atoms with Gasteiger partial charge in [0.05, 0.1) is 5.60 Å². The van der Waals surface area contributed by atoms with Gasteiger partial charge in [0.15, 0.2) is 0 Å². The van der Waals surface area contributed by atoms with E-state index in [1.807, 2.05) is 0 Å². The van der Waals surface area contributed by atoms with Crippen molar-refractivity contribution in [2.24, 2.45) is 11.8 Å². The van der Waals surface area contributed by atoms with Crippen molar-refractivity contribution in [3.63, 3.8) is 0 Å². The highest BCUT2D eigenvalue weighted by atomic mass is 16.5. The molecule has 2 atom stereocenters. The minimum atomic E-state index is 0.205. The first-order valence-corrected chi connectivity index (χ1v) is 8.43. The first kappa shape index (κ1) is 13.6. The molecule has 0 N–H and O–H groups in total. The normalized spacial score (nSPS) is 36.1. The minimum Gasteiger partial charge on any atom is -0.375 e. The van der Waals surface area contributed by atoms with Crippen molar-refractivity contribution in [2.75, 3.05) is 6.61 Å². The molecule has 1 heterocycles. The number of carbonyl (C=O) groups is 1. The second kappa shape index (κ2) is 5.95. The summed E-state index contributed by atoms with van der Waals surface area (Å²) >= 11 is 0. The maximum absolute atomic E-state index is 11.9. The number of carbonyl (C=O) groups excluding carboxylic acids is 1. The van der Waals surface area contributed by atoms with Crippen molar-refractivity contribution >= 4 is 5.78 Å². The summed E-state index contributed by atoms with van der Waals surface area (Å²) in [6.45, 7) is 0.940. The maximum atomic E-state index is 11.9. The molecule has 0 radical (unpaired) electrons. The van der Waals surface area contributed by atoms with Crippen molar-refractivity contribution in [3.8, 4) is 0 Å². The van der Waals surface area contributed by atoms with Crippen LogP contribution in [0.1, 0.15) is 77.0 Å². The second-order valence-electron chi connectivity index (χ2n) is 7.09. The smallest absolute Gasteiger partial charge is 0.133 e. The number of hydrogen-bond acceptors (Lipinski definition) is 2. The van der Waals surface area contributed by atoms with Crippen molar-refractivity contribution in [3.05, 3.63) is 0 Å². The highest BCUT2D eigenvalue weighted by molar-refractivity contribution is 5.78. The molecule has 0 bridgehead atoms. The van der Waals surface area contributed by atoms with Crippen LogP contribution >= 0.6 is 0 Å². The van der Waals surface area contributed by atoms with E-state index < -0.39 is 0 Å². The minimum absolute atomic E-state index is 0.205. The van der Waals surface area contributed by atoms with E-state index in [0.29, 0.717) is 11.7 Å². The van der Waals surface area contributed by atoms with Gasteiger partial charge in [-0.25, -0.2) is 0 Å². The van der Waals surface area contributed by atoms with Gasteiger partial charge < -0.3 is 4.74 Å². The molecular formula is C17H28O2. The van der Waals surface area contributed by atoms with Crippen molar-refractivity contribution in [1.29, 1.82) is 0 Å². The van der Waals surface area contributed by atoms with E-state index in [1.54, 1.807) is 0 Å². The van der Waals surface area contributed by atoms with E-state index in [2.05, 4.69) is 0 Å². The number of Topliss-reactive ketones (excluding diaryl/α,β-unsaturated/α-hetero) is 1. The zero-order valence-electron chi connectivity index (χ0n) is 12.2. The standard InChI is InChI=1S/C17H28O2/c18-16-7-3-2-6-14(12-16)15-8-11-19-17(13-15)9-4-1-5-10-17/h14-15H,1-13H2. The summed E-state index contributed by atoms with van der Waals surface area (Å²) in [6.07, 6.45) is 14.4. The predicted molar refractivity (Wildman–Crippen MR) is 76.1 cm³/mol. The third-order valence-electron chi connectivity index (χ3n) is 5.73. The lowest BCUT2D eigenvalue weighted by atomic mass is 9.71. The average molecular weight is 264 g/mol. The number of hydrogen-bond donors (Lipinski definition) is 0. The largest absolute Gasteiger partial charge is 0.375 e. The zero-order valence-corrected chi connectivity index (χ0v) is 12.2. The Morgan fingerprint density at radius 2 is 1.79 bits per heavy atom. The SMILES string of the molecule is O=C1CCCCC(C2CCOC3(CCCCC3)C2)C1. The molecule has 1 saturated heterocycles. The van der Waals surface area contributed by atoms with Gasteiger partial charge in [0.1, 0.15) is 5.78 Å². The van der Waals surface area contributed by atoms with Crippen LogP contribution in [0.15, 0.2) is 0 Å². The molecular weight excluding hydrogens is 236 g/mol. The van der Waals surface area contributed by atoms with Gasteiger partial charge in [0, 0.05) is 19.4 Å². The Hall–Kier alpha value is -0.370. The molecule has 0 aromatic rings. The van der Waals surface area contributed by atoms with E-state index in [9.17, 15) is 4.79 Å². The molecule has 3 rings (SSSR count). The second-order valence-corrected chi connectivity index (χ2v) is 7.09. The van der Waals surface area contributed by atoms with Gasteiger partial charge in [-0.05, 0) is 50.4 Å². The van der Waals surface area contributed by atoms with Crippen molar-refractivity contribution in [1.82, 2.24) is 0 Å². The van der Waals surface area contributed by atoms with Gasteiger partial charge in [0.2, 0.25) is 0 Å². The molecule has 0 amide bonds. The lowest BCUT2D eigenvalue weighted by molar-refractivity contribution is -0.130. The molecule has 3 aliphatic rings. The van der Waals surface area contributed by atoms with Gasteiger partial charge in [0.25, 0.3) is 0 Å². The Morgan fingerprint density at radius 1 is 0.947 bits per heavy atom. The molecule has 2 saturated carbocycles. The van der Waals surface area contributed by atoms with Crippen LogP contribution in [-0.2, 0) is 9.53 Å². The van der Waals surface area contributed by atoms with E-state index in [0.717, 1.165) is 31.8 Å². The van der Waals surface area contributed by atoms with E-state index in [1.165, 1.54) is 57.8 Å². The van der Waals surface area contributed by atoms with Crippen LogP contribution in [0.3, 0.4) is 0 Å². The van der Waals surface area contributed by atoms with Crippen molar-refractivity contribution in [2.45, 2.75) is 82.7 Å². The highest BCUT2D eigenvalue weighted by Gasteiger charge is 2.41. The molecule has 19 heavy (non-hydrogen) atoms. The Balaban J connectivity index is 1.65. The fraction of sp³-hybridized carbons (Fsp3) is 0.941. The lowest BCUT2D eigenvalue weighted by Gasteiger charge is -2.45. The fourth-order valence-electron chi connectivity index (χ4n) is 4.64. The van der Waals surface area contributed by atoms with Gasteiger partial charge in [-0.3, -0.25) is 4.79 Å². The third-order valence-corrected chi connectivity index (χ3v) is 5.73. The Labute approximate surface area is 117 Å². The van der Waals surface area contributed by atoms with Gasteiger partial charge in [-0.2, -0.15) is 0 Å². The Kier molecular flexibility index (Phi) is 4.26. The Morgan fingerprint density at radius 3 is 2.63 bits per heavy atom. The first-order chi connectivity index (χ1) is 9.27. The third kappa shape index (κ3) is 3.21. The van der Waals surface area contributed by atoms with Crippen LogP contribution < -0.4 is 0 Å². The summed E-state index contributed by atoms with van der Waals surface area (Å²) < 4.78 is 6.20. The number of ether oxygens (including phenoxy) is 1. The molecule has 2 aliphatic carbocycles. The molecule has 3 fully saturated rings. The van der Waals surface area contributed by atoms with Crippen LogP contribution in [0.5, 0.6) is 0 Å². The topological polar surface area (TPSA) is 26.3 Å². The predicted octanol–water partition coefficient (Wildman–Crippen LogP) is 4.27. The highest BCUT2D eigenvalue weighted by Crippen LogP contribution is 2.44. The molecule has 1 spiro atoms. The van der Waals surface area contributed by atoms with Crippen LogP contribution in [0, 0.1) is 11.8 Å². The molecule has 1 aliphatic heterocycles. The first-order valence-electron chi connectivity index (χ1n) is 8.43. The lowest BCUT2D eigenvalue weighted by Crippen LogP contribution is -2.43. The van der Waals surface area contributed by atoms with Gasteiger partial charge >= 0.3 is 0 Å². The van der Waals surface area contributed by atoms with E-state index in [-0.39, 0.29) is 5.60 Å². The fourth-order valence-corrected chi connectivity index (χ4v) is 4.64. The van der Waals surface area contributed by atoms with Gasteiger partial charge in [-0.1, -0.05) is 25.7 Å². The zero-order chi connectivity index (χ0) is 13.1. The summed E-state index contributed by atoms with van der Waals surface area (Å²) in [5.41, 5.74) is 0.205. The molecule has 2 nitrogen and oxygen atoms in total. The quantitative estimate of drug-likeness (QED) is 0.661. The van der Waals surface area contributed by atoms with Crippen LogP contribution in [-0.4, -0.2) is 18.0 Å². The molecule has 0 aromatic heterocycles. The van der Waals surface area contributed by atoms with E-state index in [4.69, 9.17) is 4.74 Å². The molecule has 2 heteroatoms. The van der Waals surface area contributed by atoms with Gasteiger partial charge in [-0.15, -0.1) is 0 Å². The molecule has 2 unspecified atom stereocenters.